The lowest BCUT2D eigenvalue weighted by molar-refractivity contribution is -0.123. The van der Waals surface area contributed by atoms with Crippen LogP contribution < -0.4 is 5.73 Å². The van der Waals surface area contributed by atoms with E-state index >= 15 is 0 Å². The number of halogens is 3. The average molecular weight is 474 g/mol. The normalized spacial score (nSPS) is 15.8. The van der Waals surface area contributed by atoms with E-state index in [2.05, 4.69) is 4.98 Å². The number of amides is 2. The molecular formula is C23H18Cl2FN3O3. The first kappa shape index (κ1) is 22.0. The maximum atomic E-state index is 14.6. The molecule has 0 radical (unpaired) electrons. The maximum Gasteiger partial charge on any atom is 0.259 e. The lowest BCUT2D eigenvalue weighted by atomic mass is 9.98. The van der Waals surface area contributed by atoms with Crippen LogP contribution in [0.5, 0.6) is 5.75 Å². The second-order valence-corrected chi connectivity index (χ2v) is 8.35. The van der Waals surface area contributed by atoms with Gasteiger partial charge in [-0.3, -0.25) is 14.6 Å². The van der Waals surface area contributed by atoms with Gasteiger partial charge in [-0.1, -0.05) is 29.3 Å². The number of fused-ring (bicyclic) bond motifs is 1. The van der Waals surface area contributed by atoms with Gasteiger partial charge in [-0.15, -0.1) is 0 Å². The molecule has 1 aromatic heterocycles. The van der Waals surface area contributed by atoms with Gasteiger partial charge in [-0.25, -0.2) is 4.39 Å². The van der Waals surface area contributed by atoms with Gasteiger partial charge in [0.2, 0.25) is 5.91 Å². The molecule has 3 aromatic rings. The monoisotopic (exact) mass is 473 g/mol. The van der Waals surface area contributed by atoms with Gasteiger partial charge in [0.15, 0.2) is 0 Å². The molecule has 3 N–H and O–H groups in total. The van der Waals surface area contributed by atoms with Crippen LogP contribution in [0.15, 0.2) is 54.9 Å². The zero-order valence-corrected chi connectivity index (χ0v) is 18.1. The van der Waals surface area contributed by atoms with Crippen molar-refractivity contribution in [2.75, 3.05) is 0 Å². The second-order valence-electron chi connectivity index (χ2n) is 7.48. The Morgan fingerprint density at radius 2 is 1.97 bits per heavy atom. The summed E-state index contributed by atoms with van der Waals surface area (Å²) < 4.78 is 14.6. The summed E-state index contributed by atoms with van der Waals surface area (Å²) in [5.41, 5.74) is 6.98. The van der Waals surface area contributed by atoms with Crippen molar-refractivity contribution >= 4 is 35.0 Å². The van der Waals surface area contributed by atoms with Crippen molar-refractivity contribution in [2.24, 2.45) is 5.73 Å². The van der Waals surface area contributed by atoms with Crippen molar-refractivity contribution in [3.05, 3.63) is 93.0 Å². The van der Waals surface area contributed by atoms with Crippen LogP contribution in [0.4, 0.5) is 4.39 Å². The quantitative estimate of drug-likeness (QED) is 0.566. The van der Waals surface area contributed by atoms with Crippen LogP contribution in [0.25, 0.3) is 0 Å². The molecule has 1 aliphatic carbocycles. The van der Waals surface area contributed by atoms with Crippen LogP contribution in [0, 0.1) is 5.82 Å². The van der Waals surface area contributed by atoms with Gasteiger partial charge < -0.3 is 15.7 Å². The second kappa shape index (κ2) is 8.76. The zero-order chi connectivity index (χ0) is 23.0. The highest BCUT2D eigenvalue weighted by Gasteiger charge is 2.41. The molecule has 6 nitrogen and oxygen atoms in total. The van der Waals surface area contributed by atoms with Crippen molar-refractivity contribution in [2.45, 2.75) is 24.9 Å². The van der Waals surface area contributed by atoms with E-state index in [0.29, 0.717) is 29.5 Å². The van der Waals surface area contributed by atoms with E-state index in [1.165, 1.54) is 41.6 Å². The predicted octanol–water partition coefficient (Wildman–Crippen LogP) is 4.59. The Labute approximate surface area is 193 Å². The summed E-state index contributed by atoms with van der Waals surface area (Å²) in [6.07, 6.45) is 3.65. The van der Waals surface area contributed by atoms with Crippen LogP contribution in [-0.4, -0.2) is 26.8 Å². The van der Waals surface area contributed by atoms with Gasteiger partial charge in [0, 0.05) is 28.0 Å². The minimum Gasteiger partial charge on any atom is -0.507 e. The summed E-state index contributed by atoms with van der Waals surface area (Å²) in [6, 6.07) is 8.16. The lowest BCUT2D eigenvalue weighted by Crippen LogP contribution is -2.43. The summed E-state index contributed by atoms with van der Waals surface area (Å²) in [5.74, 6) is -2.29. The Hall–Kier alpha value is -3.16. The molecule has 0 saturated heterocycles. The molecular weight excluding hydrogens is 456 g/mol. The van der Waals surface area contributed by atoms with Gasteiger partial charge in [-0.05, 0) is 60.4 Å². The summed E-state index contributed by atoms with van der Waals surface area (Å²) >= 11 is 12.0. The SMILES string of the molecule is NC(=O)C(c1cccnc1)N(C(=O)c1ccc(Cl)cc1O)[C@@H]1CCc2c(F)cc(Cl)cc21. The fourth-order valence-corrected chi connectivity index (χ4v) is 4.55. The number of benzene rings is 2. The van der Waals surface area contributed by atoms with E-state index in [1.54, 1.807) is 18.2 Å². The van der Waals surface area contributed by atoms with E-state index in [9.17, 15) is 19.1 Å². The Bertz CT molecular complexity index is 1210. The molecule has 32 heavy (non-hydrogen) atoms. The van der Waals surface area contributed by atoms with E-state index in [-0.39, 0.29) is 21.4 Å². The summed E-state index contributed by atoms with van der Waals surface area (Å²) in [7, 11) is 0. The number of hydrogen-bond donors (Lipinski definition) is 2. The van der Waals surface area contributed by atoms with Crippen molar-refractivity contribution in [1.29, 1.82) is 0 Å². The largest absolute Gasteiger partial charge is 0.507 e. The number of rotatable bonds is 5. The first-order valence-corrected chi connectivity index (χ1v) is 10.5. The van der Waals surface area contributed by atoms with Crippen LogP contribution in [0.3, 0.4) is 0 Å². The molecule has 2 aromatic carbocycles. The first-order chi connectivity index (χ1) is 15.3. The Balaban J connectivity index is 1.90. The number of aromatic hydroxyl groups is 1. The predicted molar refractivity (Wildman–Crippen MR) is 118 cm³/mol. The molecule has 4 rings (SSSR count). The highest BCUT2D eigenvalue weighted by molar-refractivity contribution is 6.31. The fourth-order valence-electron chi connectivity index (χ4n) is 4.17. The number of nitrogens with zero attached hydrogens (tertiary/aromatic N) is 2. The first-order valence-electron chi connectivity index (χ1n) is 9.76. The smallest absolute Gasteiger partial charge is 0.259 e. The van der Waals surface area contributed by atoms with Gasteiger partial charge in [0.05, 0.1) is 11.6 Å². The number of primary amides is 1. The van der Waals surface area contributed by atoms with E-state index < -0.39 is 29.7 Å². The number of pyridine rings is 1. The summed E-state index contributed by atoms with van der Waals surface area (Å²) in [4.78, 5) is 31.7. The Kier molecular flexibility index (Phi) is 6.04. The highest BCUT2D eigenvalue weighted by atomic mass is 35.5. The van der Waals surface area contributed by atoms with Crippen molar-refractivity contribution in [3.63, 3.8) is 0 Å². The van der Waals surface area contributed by atoms with Crippen molar-refractivity contribution in [3.8, 4) is 5.75 Å². The maximum absolute atomic E-state index is 14.6. The van der Waals surface area contributed by atoms with Gasteiger partial charge in [-0.2, -0.15) is 0 Å². The molecule has 0 spiro atoms. The molecule has 2 amide bonds. The third kappa shape index (κ3) is 4.01. The zero-order valence-electron chi connectivity index (χ0n) is 16.6. The number of nitrogens with two attached hydrogens (primary N) is 1. The van der Waals surface area contributed by atoms with Crippen LogP contribution in [0.2, 0.25) is 10.0 Å². The molecule has 1 unspecified atom stereocenters. The Morgan fingerprint density at radius 3 is 2.62 bits per heavy atom. The molecule has 0 fully saturated rings. The van der Waals surface area contributed by atoms with E-state index in [1.807, 2.05) is 0 Å². The van der Waals surface area contributed by atoms with Gasteiger partial charge in [0.1, 0.15) is 17.6 Å². The number of phenols is 1. The number of phenolic OH excluding ortho intramolecular Hbond substituents is 1. The number of carbonyl (C=O) groups is 2. The summed E-state index contributed by atoms with van der Waals surface area (Å²) in [5, 5.41) is 10.8. The minimum atomic E-state index is -1.22. The summed E-state index contributed by atoms with van der Waals surface area (Å²) in [6.45, 7) is 0. The van der Waals surface area contributed by atoms with E-state index in [4.69, 9.17) is 28.9 Å². The molecule has 2 atom stereocenters. The van der Waals surface area contributed by atoms with Gasteiger partial charge in [0.25, 0.3) is 5.91 Å². The molecule has 0 saturated carbocycles. The number of hydrogen-bond acceptors (Lipinski definition) is 4. The Morgan fingerprint density at radius 1 is 1.19 bits per heavy atom. The van der Waals surface area contributed by atoms with Crippen molar-refractivity contribution in [1.82, 2.24) is 9.88 Å². The standard InChI is InChI=1S/C23H18Cl2FN3O3/c24-13-3-4-16(20(30)10-13)23(32)29(21(22(27)31)12-2-1-7-28-11-12)19-6-5-15-17(19)8-14(25)9-18(15)26/h1-4,7-11,19,21,30H,5-6H2,(H2,27,31)/t19-,21?/m1/s1. The number of carbonyl (C=O) groups excluding carboxylic acids is 2. The molecule has 1 aliphatic rings. The molecule has 9 heteroatoms. The van der Waals surface area contributed by atoms with E-state index in [0.717, 1.165) is 0 Å². The third-order valence-corrected chi connectivity index (χ3v) is 5.98. The van der Waals surface area contributed by atoms with Gasteiger partial charge >= 0.3 is 0 Å². The van der Waals surface area contributed by atoms with Crippen molar-refractivity contribution < 1.29 is 19.1 Å². The lowest BCUT2D eigenvalue weighted by Gasteiger charge is -2.36. The molecule has 1 heterocycles. The van der Waals surface area contributed by atoms with Crippen LogP contribution in [-0.2, 0) is 11.2 Å². The average Bonchev–Trinajstić information content (AvgIpc) is 3.15. The molecule has 164 valence electrons. The number of aromatic nitrogens is 1. The molecule has 0 bridgehead atoms. The topological polar surface area (TPSA) is 96.5 Å². The molecule has 0 aliphatic heterocycles. The third-order valence-electron chi connectivity index (χ3n) is 5.53. The van der Waals surface area contributed by atoms with Crippen LogP contribution >= 0.6 is 23.2 Å². The highest BCUT2D eigenvalue weighted by Crippen LogP contribution is 2.43. The fraction of sp³-hybridized carbons (Fsp3) is 0.174. The van der Waals surface area contributed by atoms with Crippen LogP contribution in [0.1, 0.15) is 45.6 Å². The minimum absolute atomic E-state index is 0.0690.